The van der Waals surface area contributed by atoms with Crippen LogP contribution in [0.4, 0.5) is 5.82 Å². The number of carbonyl (C=O) groups excluding carboxylic acids is 2. The van der Waals surface area contributed by atoms with Gasteiger partial charge in [0.1, 0.15) is 35.4 Å². The Kier molecular flexibility index (Phi) is 5.64. The number of carbonyl (C=O) groups is 2. The number of ether oxygens (including phenoxy) is 1. The minimum atomic E-state index is -1.16. The third kappa shape index (κ3) is 4.06. The number of amides is 2. The lowest BCUT2D eigenvalue weighted by Crippen LogP contribution is -2.48. The monoisotopic (exact) mass is 458 g/mol. The van der Waals surface area contributed by atoms with E-state index in [1.807, 2.05) is 54.6 Å². The lowest BCUT2D eigenvalue weighted by Gasteiger charge is -2.27. The summed E-state index contributed by atoms with van der Waals surface area (Å²) in [6.07, 6.45) is 0.468. The number of rotatable bonds is 6. The van der Waals surface area contributed by atoms with E-state index in [9.17, 15) is 14.7 Å². The van der Waals surface area contributed by atoms with Crippen molar-refractivity contribution in [1.82, 2.24) is 24.6 Å². The van der Waals surface area contributed by atoms with Crippen molar-refractivity contribution < 1.29 is 19.4 Å². The topological polar surface area (TPSA) is 136 Å². The molecular weight excluding hydrogens is 436 g/mol. The van der Waals surface area contributed by atoms with Crippen LogP contribution < -0.4 is 10.5 Å². The molecule has 34 heavy (non-hydrogen) atoms. The third-order valence-corrected chi connectivity index (χ3v) is 5.68. The highest BCUT2D eigenvalue weighted by molar-refractivity contribution is 6.00. The zero-order valence-electron chi connectivity index (χ0n) is 18.2. The Labute approximate surface area is 194 Å². The molecule has 0 unspecified atom stereocenters. The lowest BCUT2D eigenvalue weighted by molar-refractivity contribution is -0.155. The summed E-state index contributed by atoms with van der Waals surface area (Å²) in [6.45, 7) is 0.269. The normalized spacial score (nSPS) is 16.3. The summed E-state index contributed by atoms with van der Waals surface area (Å²) in [5.41, 5.74) is 8.01. The van der Waals surface area contributed by atoms with Crippen molar-refractivity contribution in [3.63, 3.8) is 0 Å². The highest BCUT2D eigenvalue weighted by Gasteiger charge is 2.33. The van der Waals surface area contributed by atoms with Gasteiger partial charge in [-0.15, -0.1) is 0 Å². The van der Waals surface area contributed by atoms with Crippen LogP contribution in [0.1, 0.15) is 12.8 Å². The van der Waals surface area contributed by atoms with Gasteiger partial charge in [-0.2, -0.15) is 5.10 Å². The summed E-state index contributed by atoms with van der Waals surface area (Å²) in [7, 11) is 0. The molecule has 2 aromatic carbocycles. The van der Waals surface area contributed by atoms with Crippen molar-refractivity contribution in [1.29, 1.82) is 0 Å². The molecule has 0 bridgehead atoms. The number of likely N-dealkylation sites (tertiary alicyclic amines) is 1. The molecule has 5 rings (SSSR count). The predicted octanol–water partition coefficient (Wildman–Crippen LogP) is 2.38. The van der Waals surface area contributed by atoms with Gasteiger partial charge in [0.25, 0.3) is 5.91 Å². The van der Waals surface area contributed by atoms with Crippen molar-refractivity contribution >= 4 is 28.7 Å². The molecular formula is C24H22N6O4. The zero-order valence-corrected chi connectivity index (χ0v) is 18.2. The van der Waals surface area contributed by atoms with Crippen LogP contribution in [0, 0.1) is 0 Å². The van der Waals surface area contributed by atoms with Crippen LogP contribution >= 0.6 is 0 Å². The van der Waals surface area contributed by atoms with Gasteiger partial charge in [-0.1, -0.05) is 18.2 Å². The van der Waals surface area contributed by atoms with E-state index >= 15 is 0 Å². The molecule has 10 nitrogen and oxygen atoms in total. The summed E-state index contributed by atoms with van der Waals surface area (Å²) in [6, 6.07) is 16.9. The number of anilines is 1. The molecule has 172 valence electrons. The molecule has 0 saturated carbocycles. The van der Waals surface area contributed by atoms with Gasteiger partial charge in [0.2, 0.25) is 5.91 Å². The lowest BCUT2D eigenvalue weighted by atomic mass is 10.1. The van der Waals surface area contributed by atoms with Crippen molar-refractivity contribution in [3.8, 4) is 22.8 Å². The zero-order chi connectivity index (χ0) is 23.7. The number of aromatic nitrogens is 4. The largest absolute Gasteiger partial charge is 0.457 e. The van der Waals surface area contributed by atoms with Crippen molar-refractivity contribution in [2.45, 2.75) is 25.5 Å². The maximum Gasteiger partial charge on any atom is 0.258 e. The van der Waals surface area contributed by atoms with Crippen LogP contribution in [0.15, 0.2) is 60.9 Å². The molecule has 1 aliphatic heterocycles. The van der Waals surface area contributed by atoms with E-state index < -0.39 is 12.0 Å². The molecule has 4 aromatic rings. The van der Waals surface area contributed by atoms with Gasteiger partial charge in [-0.25, -0.2) is 14.6 Å². The van der Waals surface area contributed by atoms with E-state index in [1.165, 1.54) is 6.33 Å². The molecule has 10 heteroatoms. The van der Waals surface area contributed by atoms with Crippen molar-refractivity contribution in [2.75, 3.05) is 12.3 Å². The highest BCUT2D eigenvalue weighted by atomic mass is 16.5. The predicted molar refractivity (Wildman–Crippen MR) is 124 cm³/mol. The fourth-order valence-corrected chi connectivity index (χ4v) is 3.94. The van der Waals surface area contributed by atoms with Gasteiger partial charge in [-0.3, -0.25) is 14.5 Å². The number of imide groups is 1. The van der Waals surface area contributed by atoms with E-state index in [-0.39, 0.29) is 37.7 Å². The molecule has 2 aromatic heterocycles. The Morgan fingerprint density at radius 1 is 1.00 bits per heavy atom. The van der Waals surface area contributed by atoms with Crippen LogP contribution in [0.2, 0.25) is 0 Å². The Morgan fingerprint density at radius 3 is 2.50 bits per heavy atom. The van der Waals surface area contributed by atoms with Gasteiger partial charge >= 0.3 is 0 Å². The Bertz CT molecular complexity index is 1350. The van der Waals surface area contributed by atoms with E-state index in [1.54, 1.807) is 4.68 Å². The second-order valence-corrected chi connectivity index (χ2v) is 7.91. The van der Waals surface area contributed by atoms with Gasteiger partial charge in [0, 0.05) is 18.5 Å². The first-order valence-electron chi connectivity index (χ1n) is 10.8. The molecule has 1 aliphatic rings. The molecule has 2 amide bonds. The number of nitrogens with two attached hydrogens (primary N) is 1. The number of hydrogen-bond acceptors (Lipinski definition) is 8. The summed E-state index contributed by atoms with van der Waals surface area (Å²) >= 11 is 0. The first kappa shape index (κ1) is 21.5. The van der Waals surface area contributed by atoms with Crippen LogP contribution in [0.25, 0.3) is 22.3 Å². The number of piperidine rings is 1. The SMILES string of the molecule is Nc1ncnc2c1c(-c1ccc(Oc3ccccc3)cc1)nn2CCN1C(=O)CC[C@@H](O)C1=O. The fourth-order valence-electron chi connectivity index (χ4n) is 3.94. The first-order valence-corrected chi connectivity index (χ1v) is 10.8. The van der Waals surface area contributed by atoms with E-state index in [2.05, 4.69) is 15.1 Å². The van der Waals surface area contributed by atoms with Gasteiger partial charge in [0.05, 0.1) is 11.9 Å². The molecule has 1 atom stereocenters. The maximum atomic E-state index is 12.2. The minimum absolute atomic E-state index is 0.0682. The number of benzene rings is 2. The Hall–Kier alpha value is -4.31. The summed E-state index contributed by atoms with van der Waals surface area (Å²) in [4.78, 5) is 33.9. The minimum Gasteiger partial charge on any atom is -0.457 e. The number of aliphatic hydroxyl groups excluding tert-OH is 1. The molecule has 3 N–H and O–H groups in total. The van der Waals surface area contributed by atoms with E-state index in [0.717, 1.165) is 16.2 Å². The average Bonchev–Trinajstić information content (AvgIpc) is 3.23. The quantitative estimate of drug-likeness (QED) is 0.420. The van der Waals surface area contributed by atoms with Gasteiger partial charge in [0.15, 0.2) is 5.65 Å². The van der Waals surface area contributed by atoms with Gasteiger partial charge in [-0.05, 0) is 42.8 Å². The maximum absolute atomic E-state index is 12.2. The van der Waals surface area contributed by atoms with Crippen LogP contribution in [-0.2, 0) is 16.1 Å². The molecule has 0 radical (unpaired) electrons. The number of para-hydroxylation sites is 1. The number of nitrogen functional groups attached to an aromatic ring is 1. The van der Waals surface area contributed by atoms with Crippen LogP contribution in [0.3, 0.4) is 0 Å². The number of nitrogens with zero attached hydrogens (tertiary/aromatic N) is 5. The summed E-state index contributed by atoms with van der Waals surface area (Å²) in [5.74, 6) is 0.778. The molecule has 1 saturated heterocycles. The molecule has 0 spiro atoms. The third-order valence-electron chi connectivity index (χ3n) is 5.68. The molecule has 1 fully saturated rings. The van der Waals surface area contributed by atoms with Crippen LogP contribution in [0.5, 0.6) is 11.5 Å². The van der Waals surface area contributed by atoms with Crippen molar-refractivity contribution in [2.24, 2.45) is 0 Å². The number of fused-ring (bicyclic) bond motifs is 1. The highest BCUT2D eigenvalue weighted by Crippen LogP contribution is 2.32. The molecule has 0 aliphatic carbocycles. The second kappa shape index (κ2) is 8.91. The summed E-state index contributed by atoms with van der Waals surface area (Å²) in [5, 5.41) is 15.1. The smallest absolute Gasteiger partial charge is 0.258 e. The number of aliphatic hydroxyl groups is 1. The second-order valence-electron chi connectivity index (χ2n) is 7.91. The van der Waals surface area contributed by atoms with Crippen molar-refractivity contribution in [3.05, 3.63) is 60.9 Å². The molecule has 3 heterocycles. The van der Waals surface area contributed by atoms with E-state index in [0.29, 0.717) is 22.5 Å². The summed E-state index contributed by atoms with van der Waals surface area (Å²) < 4.78 is 7.45. The number of hydrogen-bond donors (Lipinski definition) is 2. The van der Waals surface area contributed by atoms with E-state index in [4.69, 9.17) is 10.5 Å². The average molecular weight is 458 g/mol. The Morgan fingerprint density at radius 2 is 1.74 bits per heavy atom. The van der Waals surface area contributed by atoms with Crippen LogP contribution in [-0.4, -0.2) is 54.2 Å². The van der Waals surface area contributed by atoms with Gasteiger partial charge < -0.3 is 15.6 Å². The fraction of sp³-hybridized carbons (Fsp3) is 0.208. The Balaban J connectivity index is 1.43. The first-order chi connectivity index (χ1) is 16.5. The standard InChI is InChI=1S/C24H22N6O4/c25-22-20-21(15-6-8-17(9-7-15)34-16-4-2-1-3-5-16)28-30(23(20)27-14-26-22)13-12-29-19(32)11-10-18(31)24(29)33/h1-9,14,18,31H,10-13H2,(H2,25,26,27)/t18-/m1/s1.